The van der Waals surface area contributed by atoms with E-state index >= 15 is 0 Å². The quantitative estimate of drug-likeness (QED) is 0.726. The summed E-state index contributed by atoms with van der Waals surface area (Å²) in [5.74, 6) is 0. The number of methoxy groups -OCH3 is 1. The van der Waals surface area contributed by atoms with E-state index in [1.807, 2.05) is 5.43 Å². The molecule has 0 aromatic heterocycles. The first-order valence-corrected chi connectivity index (χ1v) is 6.93. The van der Waals surface area contributed by atoms with Crippen molar-refractivity contribution >= 4 is 17.5 Å². The molecule has 1 amide bonds. The zero-order valence-electron chi connectivity index (χ0n) is 12.7. The van der Waals surface area contributed by atoms with E-state index in [0.29, 0.717) is 0 Å². The lowest BCUT2D eigenvalue weighted by atomic mass is 10.0. The number of amides is 1. The summed E-state index contributed by atoms with van der Waals surface area (Å²) in [6.07, 6.45) is -6.31. The van der Waals surface area contributed by atoms with Gasteiger partial charge in [0.2, 0.25) is 0 Å². The minimum atomic E-state index is -4.61. The van der Waals surface area contributed by atoms with E-state index < -0.39 is 23.9 Å². The van der Waals surface area contributed by atoms with E-state index in [1.54, 1.807) is 0 Å². The van der Waals surface area contributed by atoms with Crippen LogP contribution in [0, 0.1) is 0 Å². The van der Waals surface area contributed by atoms with Crippen molar-refractivity contribution in [1.82, 2.24) is 5.43 Å². The smallest absolute Gasteiger partial charge is 0.428 e. The predicted molar refractivity (Wildman–Crippen MR) is 78.8 cm³/mol. The van der Waals surface area contributed by atoms with Gasteiger partial charge in [0.15, 0.2) is 0 Å². The Kier molecular flexibility index (Phi) is 5.62. The van der Waals surface area contributed by atoms with E-state index in [1.165, 1.54) is 19.2 Å². The normalized spacial score (nSPS) is 16.0. The Morgan fingerprint density at radius 1 is 1.50 bits per heavy atom. The van der Waals surface area contributed by atoms with Crippen LogP contribution in [0.15, 0.2) is 23.3 Å². The van der Waals surface area contributed by atoms with Crippen LogP contribution < -0.4 is 10.7 Å². The van der Waals surface area contributed by atoms with E-state index in [-0.39, 0.29) is 36.7 Å². The topological polar surface area (TPSA) is 92.2 Å². The van der Waals surface area contributed by atoms with Gasteiger partial charge in [-0.05, 0) is 12.1 Å². The molecule has 1 aliphatic heterocycles. The van der Waals surface area contributed by atoms with Crippen molar-refractivity contribution in [2.24, 2.45) is 5.10 Å². The van der Waals surface area contributed by atoms with E-state index in [0.717, 1.165) is 6.07 Å². The number of nitrogens with one attached hydrogen (secondary N) is 2. The van der Waals surface area contributed by atoms with Crippen LogP contribution in [0.5, 0.6) is 0 Å². The van der Waals surface area contributed by atoms with Crippen molar-refractivity contribution in [3.05, 3.63) is 29.3 Å². The van der Waals surface area contributed by atoms with Gasteiger partial charge in [-0.3, -0.25) is 0 Å². The second kappa shape index (κ2) is 7.49. The maximum atomic E-state index is 13.3. The van der Waals surface area contributed by atoms with Gasteiger partial charge in [0, 0.05) is 24.9 Å². The number of rotatable bonds is 6. The third-order valence-electron chi connectivity index (χ3n) is 3.17. The number of aliphatic hydroxyl groups is 1. The third kappa shape index (κ3) is 4.59. The number of carbonyl (C=O) groups excluding carboxylic acids is 1. The minimum Gasteiger partial charge on any atom is -0.442 e. The van der Waals surface area contributed by atoms with Gasteiger partial charge in [0.05, 0.1) is 18.3 Å². The first kappa shape index (κ1) is 18.0. The average molecular weight is 347 g/mol. The number of hydrazone groups is 1. The van der Waals surface area contributed by atoms with Crippen LogP contribution in [-0.2, 0) is 15.7 Å². The Hall–Kier alpha value is -2.33. The molecular weight excluding hydrogens is 331 g/mol. The van der Waals surface area contributed by atoms with Crippen LogP contribution in [0.1, 0.15) is 11.1 Å². The summed E-state index contributed by atoms with van der Waals surface area (Å²) in [5, 5.41) is 15.8. The molecule has 0 saturated heterocycles. The molecule has 0 aliphatic carbocycles. The molecule has 24 heavy (non-hydrogen) atoms. The molecule has 1 heterocycles. The molecule has 1 aromatic rings. The number of hydrogen-bond acceptors (Lipinski definition) is 6. The van der Waals surface area contributed by atoms with E-state index in [2.05, 4.69) is 15.2 Å². The molecule has 0 radical (unpaired) electrons. The van der Waals surface area contributed by atoms with Crippen molar-refractivity contribution < 1.29 is 32.5 Å². The maximum Gasteiger partial charge on any atom is 0.428 e. The van der Waals surface area contributed by atoms with Crippen LogP contribution in [0.4, 0.5) is 23.7 Å². The van der Waals surface area contributed by atoms with Crippen molar-refractivity contribution in [3.8, 4) is 0 Å². The highest BCUT2D eigenvalue weighted by Gasteiger charge is 2.34. The number of alkyl halides is 3. The zero-order chi connectivity index (χ0) is 17.7. The monoisotopic (exact) mass is 347 g/mol. The number of hydrogen-bond donors (Lipinski definition) is 3. The molecule has 1 aromatic carbocycles. The summed E-state index contributed by atoms with van der Waals surface area (Å²) in [6, 6.07) is 3.56. The van der Waals surface area contributed by atoms with Gasteiger partial charge in [0.1, 0.15) is 12.3 Å². The van der Waals surface area contributed by atoms with Crippen molar-refractivity contribution in [2.75, 3.05) is 32.2 Å². The molecule has 1 unspecified atom stereocenters. The standard InChI is InChI=1S/C14H16F3N3O4/c1-23-6-9(21)5-18-11-3-2-8(4-10(11)14(15,16)17)12-7-24-13(22)20-19-12/h2-4,9,18,21H,5-7H2,1H3,(H,20,22). The Balaban J connectivity index is 2.24. The van der Waals surface area contributed by atoms with Gasteiger partial charge < -0.3 is 19.9 Å². The van der Waals surface area contributed by atoms with E-state index in [9.17, 15) is 23.1 Å². The summed E-state index contributed by atoms with van der Waals surface area (Å²) in [6.45, 7) is -0.320. The van der Waals surface area contributed by atoms with Gasteiger partial charge in [-0.2, -0.15) is 18.3 Å². The largest absolute Gasteiger partial charge is 0.442 e. The maximum absolute atomic E-state index is 13.3. The zero-order valence-corrected chi connectivity index (χ0v) is 12.7. The number of halogens is 3. The molecule has 0 bridgehead atoms. The van der Waals surface area contributed by atoms with Crippen LogP contribution in [-0.4, -0.2) is 49.9 Å². The molecule has 0 spiro atoms. The van der Waals surface area contributed by atoms with Gasteiger partial charge in [-0.1, -0.05) is 6.07 Å². The fourth-order valence-electron chi connectivity index (χ4n) is 2.05. The number of cyclic esters (lactones) is 1. The lowest BCUT2D eigenvalue weighted by molar-refractivity contribution is -0.137. The van der Waals surface area contributed by atoms with Crippen molar-refractivity contribution in [2.45, 2.75) is 12.3 Å². The highest BCUT2D eigenvalue weighted by atomic mass is 19.4. The van der Waals surface area contributed by atoms with Gasteiger partial charge in [-0.25, -0.2) is 10.2 Å². The van der Waals surface area contributed by atoms with Crippen molar-refractivity contribution in [1.29, 1.82) is 0 Å². The molecule has 3 N–H and O–H groups in total. The number of aliphatic hydroxyl groups excluding tert-OH is 1. The Morgan fingerprint density at radius 3 is 2.83 bits per heavy atom. The molecular formula is C14H16F3N3O4. The Labute approximate surface area is 135 Å². The van der Waals surface area contributed by atoms with Crippen LogP contribution in [0.3, 0.4) is 0 Å². The second-order valence-corrected chi connectivity index (χ2v) is 4.99. The van der Waals surface area contributed by atoms with Crippen LogP contribution >= 0.6 is 0 Å². The summed E-state index contributed by atoms with van der Waals surface area (Å²) in [4.78, 5) is 10.9. The SMILES string of the molecule is COCC(O)CNc1ccc(C2=NNC(=O)OC2)cc1C(F)(F)F. The highest BCUT2D eigenvalue weighted by Crippen LogP contribution is 2.35. The molecule has 0 fully saturated rings. The van der Waals surface area contributed by atoms with E-state index in [4.69, 9.17) is 4.74 Å². The van der Waals surface area contributed by atoms with Gasteiger partial charge >= 0.3 is 12.3 Å². The lowest BCUT2D eigenvalue weighted by Gasteiger charge is -2.19. The Morgan fingerprint density at radius 2 is 2.25 bits per heavy atom. The summed E-state index contributed by atoms with van der Waals surface area (Å²) >= 11 is 0. The summed E-state index contributed by atoms with van der Waals surface area (Å²) < 4.78 is 49.2. The molecule has 7 nitrogen and oxygen atoms in total. The second-order valence-electron chi connectivity index (χ2n) is 4.99. The highest BCUT2D eigenvalue weighted by molar-refractivity contribution is 6.04. The summed E-state index contributed by atoms with van der Waals surface area (Å²) in [5.41, 5.74) is 1.29. The van der Waals surface area contributed by atoms with Crippen LogP contribution in [0.2, 0.25) is 0 Å². The molecule has 10 heteroatoms. The number of benzene rings is 1. The van der Waals surface area contributed by atoms with Crippen LogP contribution in [0.25, 0.3) is 0 Å². The minimum absolute atomic E-state index is 0.000275. The van der Waals surface area contributed by atoms with Gasteiger partial charge in [0.25, 0.3) is 0 Å². The molecule has 1 aliphatic rings. The third-order valence-corrected chi connectivity index (χ3v) is 3.17. The summed E-state index contributed by atoms with van der Waals surface area (Å²) in [7, 11) is 1.38. The number of carbonyl (C=O) groups is 1. The first-order chi connectivity index (χ1) is 11.3. The predicted octanol–water partition coefficient (Wildman–Crippen LogP) is 1.57. The fraction of sp³-hybridized carbons (Fsp3) is 0.429. The molecule has 0 saturated carbocycles. The Bertz CT molecular complexity index is 634. The van der Waals surface area contributed by atoms with Gasteiger partial charge in [-0.15, -0.1) is 0 Å². The number of anilines is 1. The molecule has 132 valence electrons. The molecule has 2 rings (SSSR count). The number of ether oxygens (including phenoxy) is 2. The first-order valence-electron chi connectivity index (χ1n) is 6.93. The fourth-order valence-corrected chi connectivity index (χ4v) is 2.05. The van der Waals surface area contributed by atoms with Crippen molar-refractivity contribution in [3.63, 3.8) is 0 Å². The average Bonchev–Trinajstić information content (AvgIpc) is 2.53. The number of nitrogens with zero attached hydrogens (tertiary/aromatic N) is 1. The lowest BCUT2D eigenvalue weighted by Crippen LogP contribution is -2.31. The molecule has 1 atom stereocenters.